The van der Waals surface area contributed by atoms with Crippen LogP contribution in [0.1, 0.15) is 42.1 Å². The highest BCUT2D eigenvalue weighted by atomic mass is 19.1. The van der Waals surface area contributed by atoms with Crippen LogP contribution in [0, 0.1) is 12.7 Å². The number of halogens is 1. The van der Waals surface area contributed by atoms with Gasteiger partial charge in [-0.15, -0.1) is 0 Å². The lowest BCUT2D eigenvalue weighted by molar-refractivity contribution is -0.139. The fraction of sp³-hybridized carbons (Fsp3) is 0.267. The number of hydrogen-bond donors (Lipinski definition) is 1. The number of likely N-dealkylation sites (tertiary alicyclic amines) is 1. The smallest absolute Gasteiger partial charge is 0.295 e. The highest BCUT2D eigenvalue weighted by molar-refractivity contribution is 6.46. The topological polar surface area (TPSA) is 76.1 Å². The number of rotatable bonds is 8. The molecule has 1 saturated heterocycles. The largest absolute Gasteiger partial charge is 0.507 e. The Bertz CT molecular complexity index is 1330. The molecule has 192 valence electrons. The van der Waals surface area contributed by atoms with Gasteiger partial charge in [0.25, 0.3) is 11.7 Å². The maximum atomic E-state index is 13.4. The quantitative estimate of drug-likeness (QED) is 0.246. The highest BCUT2D eigenvalue weighted by Gasteiger charge is 2.45. The van der Waals surface area contributed by atoms with Gasteiger partial charge in [-0.3, -0.25) is 9.59 Å². The standard InChI is InChI=1S/C30H30FNO5/c1-18(2)37-24-12-7-21(8-13-24)27-26(28(33)22-9-14-25(36-4)19(3)17-22)29(34)30(35)32(27)16-15-20-5-10-23(31)11-6-20/h5-14,17-18,27,33H,15-16H2,1-4H3/b28-26-. The van der Waals surface area contributed by atoms with Crippen LogP contribution in [-0.4, -0.2) is 41.5 Å². The third-order valence-electron chi connectivity index (χ3n) is 6.33. The predicted octanol–water partition coefficient (Wildman–Crippen LogP) is 5.59. The molecule has 0 saturated carbocycles. The van der Waals surface area contributed by atoms with Crippen molar-refractivity contribution >= 4 is 17.4 Å². The molecular formula is C30H30FNO5. The Kier molecular flexibility index (Phi) is 7.62. The second-order valence-corrected chi connectivity index (χ2v) is 9.29. The Morgan fingerprint density at radius 3 is 2.30 bits per heavy atom. The van der Waals surface area contributed by atoms with E-state index in [2.05, 4.69) is 0 Å². The van der Waals surface area contributed by atoms with E-state index in [0.717, 1.165) is 11.1 Å². The summed E-state index contributed by atoms with van der Waals surface area (Å²) in [5.41, 5.74) is 2.71. The molecule has 7 heteroatoms. The molecule has 0 aliphatic carbocycles. The van der Waals surface area contributed by atoms with Gasteiger partial charge in [-0.2, -0.15) is 0 Å². The number of benzene rings is 3. The molecule has 1 amide bonds. The van der Waals surface area contributed by atoms with Crippen LogP contribution in [0.25, 0.3) is 5.76 Å². The molecule has 3 aromatic rings. The van der Waals surface area contributed by atoms with Crippen molar-refractivity contribution in [3.63, 3.8) is 0 Å². The van der Waals surface area contributed by atoms with E-state index >= 15 is 0 Å². The summed E-state index contributed by atoms with van der Waals surface area (Å²) in [6.45, 7) is 5.90. The van der Waals surface area contributed by atoms with Crippen molar-refractivity contribution in [2.24, 2.45) is 0 Å². The van der Waals surface area contributed by atoms with Gasteiger partial charge in [0.1, 0.15) is 23.1 Å². The van der Waals surface area contributed by atoms with Gasteiger partial charge in [0, 0.05) is 12.1 Å². The van der Waals surface area contributed by atoms with Gasteiger partial charge in [0.15, 0.2) is 0 Å². The maximum absolute atomic E-state index is 13.4. The Labute approximate surface area is 215 Å². The first-order chi connectivity index (χ1) is 17.7. The van der Waals surface area contributed by atoms with E-state index in [4.69, 9.17) is 9.47 Å². The number of ketones is 1. The number of Topliss-reactive ketones (excluding diaryl/α,β-unsaturated/α-hetero) is 1. The first-order valence-corrected chi connectivity index (χ1v) is 12.1. The van der Waals surface area contributed by atoms with Gasteiger partial charge in [-0.1, -0.05) is 24.3 Å². The monoisotopic (exact) mass is 503 g/mol. The molecule has 0 aromatic heterocycles. The van der Waals surface area contributed by atoms with E-state index in [-0.39, 0.29) is 29.8 Å². The maximum Gasteiger partial charge on any atom is 0.295 e. The van der Waals surface area contributed by atoms with Gasteiger partial charge in [0.05, 0.1) is 24.8 Å². The van der Waals surface area contributed by atoms with Crippen LogP contribution in [0.15, 0.2) is 72.3 Å². The number of aliphatic hydroxyl groups is 1. The van der Waals surface area contributed by atoms with Crippen molar-refractivity contribution in [1.29, 1.82) is 0 Å². The first-order valence-electron chi connectivity index (χ1n) is 12.1. The summed E-state index contributed by atoms with van der Waals surface area (Å²) in [7, 11) is 1.56. The summed E-state index contributed by atoms with van der Waals surface area (Å²) in [6, 6.07) is 17.5. The van der Waals surface area contributed by atoms with Crippen LogP contribution in [-0.2, 0) is 16.0 Å². The second-order valence-electron chi connectivity index (χ2n) is 9.29. The molecule has 4 rings (SSSR count). The Balaban J connectivity index is 1.76. The van der Waals surface area contributed by atoms with Crippen molar-refractivity contribution in [3.05, 3.63) is 100 Å². The number of ether oxygens (including phenoxy) is 2. The van der Waals surface area contributed by atoms with Crippen molar-refractivity contribution in [2.75, 3.05) is 13.7 Å². The van der Waals surface area contributed by atoms with E-state index in [1.54, 1.807) is 61.7 Å². The molecule has 1 unspecified atom stereocenters. The molecule has 6 nitrogen and oxygen atoms in total. The van der Waals surface area contributed by atoms with Crippen LogP contribution in [0.4, 0.5) is 4.39 Å². The van der Waals surface area contributed by atoms with Crippen molar-refractivity contribution in [1.82, 2.24) is 4.90 Å². The summed E-state index contributed by atoms with van der Waals surface area (Å²) >= 11 is 0. The van der Waals surface area contributed by atoms with Crippen LogP contribution >= 0.6 is 0 Å². The van der Waals surface area contributed by atoms with Crippen LogP contribution in [0.5, 0.6) is 11.5 Å². The lowest BCUT2D eigenvalue weighted by Gasteiger charge is -2.25. The molecule has 37 heavy (non-hydrogen) atoms. The van der Waals surface area contributed by atoms with E-state index in [1.807, 2.05) is 20.8 Å². The van der Waals surface area contributed by atoms with Crippen molar-refractivity contribution in [3.8, 4) is 11.5 Å². The number of aryl methyl sites for hydroxylation is 1. The van der Waals surface area contributed by atoms with Gasteiger partial charge in [0.2, 0.25) is 0 Å². The number of nitrogens with zero attached hydrogens (tertiary/aromatic N) is 1. The minimum Gasteiger partial charge on any atom is -0.507 e. The van der Waals surface area contributed by atoms with E-state index in [1.165, 1.54) is 17.0 Å². The van der Waals surface area contributed by atoms with E-state index in [0.29, 0.717) is 29.0 Å². The highest BCUT2D eigenvalue weighted by Crippen LogP contribution is 2.40. The van der Waals surface area contributed by atoms with Gasteiger partial charge in [-0.25, -0.2) is 4.39 Å². The molecule has 0 bridgehead atoms. The molecule has 3 aromatic carbocycles. The fourth-order valence-corrected chi connectivity index (χ4v) is 4.54. The summed E-state index contributed by atoms with van der Waals surface area (Å²) in [5.74, 6) is -0.732. The molecule has 0 radical (unpaired) electrons. The van der Waals surface area contributed by atoms with Gasteiger partial charge >= 0.3 is 0 Å². The number of carbonyl (C=O) groups excluding carboxylic acids is 2. The summed E-state index contributed by atoms with van der Waals surface area (Å²) in [6.07, 6.45) is 0.408. The number of methoxy groups -OCH3 is 1. The Morgan fingerprint density at radius 1 is 1.03 bits per heavy atom. The third-order valence-corrected chi connectivity index (χ3v) is 6.33. The molecule has 1 fully saturated rings. The minimum atomic E-state index is -0.795. The minimum absolute atomic E-state index is 0.00879. The molecule has 1 atom stereocenters. The normalized spacial score (nSPS) is 16.9. The summed E-state index contributed by atoms with van der Waals surface area (Å²) in [5, 5.41) is 11.3. The van der Waals surface area contributed by atoms with Crippen LogP contribution in [0.2, 0.25) is 0 Å². The fourth-order valence-electron chi connectivity index (χ4n) is 4.54. The number of aliphatic hydroxyl groups excluding tert-OH is 1. The Hall–Kier alpha value is -4.13. The molecular weight excluding hydrogens is 473 g/mol. The molecule has 0 spiro atoms. The van der Waals surface area contributed by atoms with Crippen molar-refractivity contribution in [2.45, 2.75) is 39.3 Å². The third kappa shape index (κ3) is 5.50. The van der Waals surface area contributed by atoms with Crippen LogP contribution in [0.3, 0.4) is 0 Å². The molecule has 1 N–H and O–H groups in total. The average Bonchev–Trinajstić information content (AvgIpc) is 3.13. The lowest BCUT2D eigenvalue weighted by Crippen LogP contribution is -2.31. The first kappa shape index (κ1) is 25.9. The average molecular weight is 504 g/mol. The van der Waals surface area contributed by atoms with Crippen LogP contribution < -0.4 is 9.47 Å². The number of hydrogen-bond acceptors (Lipinski definition) is 5. The summed E-state index contributed by atoms with van der Waals surface area (Å²) in [4.78, 5) is 28.0. The summed E-state index contributed by atoms with van der Waals surface area (Å²) < 4.78 is 24.4. The lowest BCUT2D eigenvalue weighted by atomic mass is 9.94. The van der Waals surface area contributed by atoms with Crippen molar-refractivity contribution < 1.29 is 28.6 Å². The zero-order valence-corrected chi connectivity index (χ0v) is 21.3. The number of carbonyl (C=O) groups is 2. The van der Waals surface area contributed by atoms with E-state index in [9.17, 15) is 19.1 Å². The predicted molar refractivity (Wildman–Crippen MR) is 139 cm³/mol. The SMILES string of the molecule is COc1ccc(/C(O)=C2/C(=O)C(=O)N(CCc3ccc(F)cc3)C2c2ccc(OC(C)C)cc2)cc1C. The number of amides is 1. The Morgan fingerprint density at radius 2 is 1.70 bits per heavy atom. The van der Waals surface area contributed by atoms with Gasteiger partial charge < -0.3 is 19.5 Å². The molecule has 1 aliphatic rings. The molecule has 1 aliphatic heterocycles. The zero-order valence-electron chi connectivity index (χ0n) is 21.3. The van der Waals surface area contributed by atoms with Gasteiger partial charge in [-0.05, 0) is 86.3 Å². The molecule has 1 heterocycles. The zero-order chi connectivity index (χ0) is 26.7. The second kappa shape index (κ2) is 10.9. The van der Waals surface area contributed by atoms with E-state index < -0.39 is 17.7 Å².